The minimum absolute atomic E-state index is 0.124. The van der Waals surface area contributed by atoms with Gasteiger partial charge in [-0.3, -0.25) is 4.79 Å². The Hall–Kier alpha value is -2.81. The topological polar surface area (TPSA) is 77.4 Å². The summed E-state index contributed by atoms with van der Waals surface area (Å²) < 4.78 is 5.64. The molecule has 5 rings (SSSR count). The summed E-state index contributed by atoms with van der Waals surface area (Å²) in [6.45, 7) is 4.74. The molecule has 2 aromatic rings. The molecule has 8 heteroatoms. The highest BCUT2D eigenvalue weighted by Crippen LogP contribution is 2.32. The molecular weight excluding hydrogens is 484 g/mol. The molecule has 0 saturated carbocycles. The summed E-state index contributed by atoms with van der Waals surface area (Å²) in [4.78, 5) is 22.1. The van der Waals surface area contributed by atoms with Crippen LogP contribution in [0.25, 0.3) is 6.08 Å². The number of carbonyl (C=O) groups is 1. The van der Waals surface area contributed by atoms with Gasteiger partial charge in [0.05, 0.1) is 4.91 Å². The third-order valence-corrected chi connectivity index (χ3v) is 8.16. The van der Waals surface area contributed by atoms with E-state index in [0.717, 1.165) is 55.5 Å². The number of anilines is 1. The molecule has 3 heterocycles. The van der Waals surface area contributed by atoms with Gasteiger partial charge in [0.15, 0.2) is 5.17 Å². The first kappa shape index (κ1) is 25.8. The van der Waals surface area contributed by atoms with E-state index >= 15 is 0 Å². The molecule has 1 amide bonds. The van der Waals surface area contributed by atoms with Crippen molar-refractivity contribution in [3.63, 3.8) is 0 Å². The largest absolute Gasteiger partial charge is 0.491 e. The molecule has 0 unspecified atom stereocenters. The van der Waals surface area contributed by atoms with Gasteiger partial charge in [-0.05, 0) is 79.8 Å². The molecule has 3 aliphatic heterocycles. The van der Waals surface area contributed by atoms with Gasteiger partial charge in [0.25, 0.3) is 5.91 Å². The third kappa shape index (κ3) is 7.15. The van der Waals surface area contributed by atoms with Crippen LogP contribution in [0.5, 0.6) is 5.75 Å². The number of benzene rings is 2. The first-order valence-corrected chi connectivity index (χ1v) is 14.2. The first-order valence-electron chi connectivity index (χ1n) is 13.4. The van der Waals surface area contributed by atoms with Crippen LogP contribution < -0.4 is 15.0 Å². The van der Waals surface area contributed by atoms with Crippen molar-refractivity contribution in [3.05, 3.63) is 65.1 Å². The van der Waals surface area contributed by atoms with Crippen molar-refractivity contribution in [1.29, 1.82) is 0 Å². The molecule has 0 bridgehead atoms. The molecule has 37 heavy (non-hydrogen) atoms. The Morgan fingerprint density at radius 2 is 1.73 bits per heavy atom. The lowest BCUT2D eigenvalue weighted by molar-refractivity contribution is -0.113. The fraction of sp³-hybridized carbons (Fsp3) is 0.448. The van der Waals surface area contributed by atoms with Crippen molar-refractivity contribution in [2.75, 3.05) is 44.2 Å². The average molecular weight is 521 g/mol. The Morgan fingerprint density at radius 3 is 2.46 bits per heavy atom. The lowest BCUT2D eigenvalue weighted by Crippen LogP contribution is -2.45. The van der Waals surface area contributed by atoms with E-state index in [9.17, 15) is 9.90 Å². The van der Waals surface area contributed by atoms with Gasteiger partial charge in [0.1, 0.15) is 18.5 Å². The zero-order chi connectivity index (χ0) is 25.5. The van der Waals surface area contributed by atoms with Crippen LogP contribution in [-0.4, -0.2) is 72.6 Å². The van der Waals surface area contributed by atoms with Crippen molar-refractivity contribution >= 4 is 34.6 Å². The fourth-order valence-corrected chi connectivity index (χ4v) is 5.93. The maximum Gasteiger partial charge on any atom is 0.286 e. The number of amidine groups is 1. The molecule has 0 aliphatic carbocycles. The SMILES string of the molecule is O=C1N=C(N2CCCCC2)S/C1=C/c1ccc(N2CCC(NC[C@H](O)COc3ccccc3)CC2)cc1. The summed E-state index contributed by atoms with van der Waals surface area (Å²) >= 11 is 1.51. The number of piperidine rings is 2. The molecule has 0 radical (unpaired) electrons. The molecule has 2 N–H and O–H groups in total. The molecule has 2 saturated heterocycles. The van der Waals surface area contributed by atoms with Gasteiger partial charge in [-0.1, -0.05) is 30.3 Å². The second-order valence-electron chi connectivity index (χ2n) is 9.90. The summed E-state index contributed by atoms with van der Waals surface area (Å²) in [7, 11) is 0. The van der Waals surface area contributed by atoms with Gasteiger partial charge in [-0.2, -0.15) is 4.99 Å². The zero-order valence-electron chi connectivity index (χ0n) is 21.2. The predicted octanol–water partition coefficient (Wildman–Crippen LogP) is 4.14. The minimum Gasteiger partial charge on any atom is -0.491 e. The Bertz CT molecular complexity index is 1090. The molecule has 3 aliphatic rings. The summed E-state index contributed by atoms with van der Waals surface area (Å²) in [6.07, 6.45) is 7.09. The van der Waals surface area contributed by atoms with Crippen LogP contribution >= 0.6 is 11.8 Å². The number of likely N-dealkylation sites (tertiary alicyclic amines) is 1. The minimum atomic E-state index is -0.536. The van der Waals surface area contributed by atoms with Crippen molar-refractivity contribution in [2.45, 2.75) is 44.2 Å². The molecule has 2 aromatic carbocycles. The number of rotatable bonds is 8. The Morgan fingerprint density at radius 1 is 1.00 bits per heavy atom. The highest BCUT2D eigenvalue weighted by atomic mass is 32.2. The highest BCUT2D eigenvalue weighted by molar-refractivity contribution is 8.18. The molecule has 1 atom stereocenters. The zero-order valence-corrected chi connectivity index (χ0v) is 22.0. The number of aliphatic imine (C=N–C) groups is 1. The molecular formula is C29H36N4O3S. The van der Waals surface area contributed by atoms with Crippen LogP contribution in [0.2, 0.25) is 0 Å². The summed E-state index contributed by atoms with van der Waals surface area (Å²) in [5.74, 6) is 0.655. The number of nitrogens with one attached hydrogen (secondary N) is 1. The Kier molecular flexibility index (Phi) is 8.81. The monoisotopic (exact) mass is 520 g/mol. The van der Waals surface area contributed by atoms with Gasteiger partial charge in [-0.15, -0.1) is 0 Å². The average Bonchev–Trinajstić information content (AvgIpc) is 3.32. The standard InChI is InChI=1S/C29H36N4O3S/c34-25(21-36-26-7-3-1-4-8-26)20-30-23-13-17-32(18-14-23)24-11-9-22(10-12-24)19-27-28(35)31-29(37-27)33-15-5-2-6-16-33/h1,3-4,7-12,19,23,25,30,34H,2,5-6,13-18,20-21H2/b27-19+/t25-/m0/s1. The molecule has 7 nitrogen and oxygen atoms in total. The summed E-state index contributed by atoms with van der Waals surface area (Å²) in [6, 6.07) is 18.4. The van der Waals surface area contributed by atoms with Crippen LogP contribution in [-0.2, 0) is 4.79 Å². The van der Waals surface area contributed by atoms with Crippen LogP contribution in [0.1, 0.15) is 37.7 Å². The third-order valence-electron chi connectivity index (χ3n) is 7.11. The number of ether oxygens (including phenoxy) is 1. The van der Waals surface area contributed by atoms with Crippen LogP contribution in [0.15, 0.2) is 64.5 Å². The number of hydrogen-bond acceptors (Lipinski definition) is 7. The van der Waals surface area contributed by atoms with Crippen molar-refractivity contribution < 1.29 is 14.6 Å². The summed E-state index contributed by atoms with van der Waals surface area (Å²) in [5.41, 5.74) is 2.23. The van der Waals surface area contributed by atoms with Crippen molar-refractivity contribution in [1.82, 2.24) is 10.2 Å². The predicted molar refractivity (Wildman–Crippen MR) is 151 cm³/mol. The Labute approximate surface area is 223 Å². The van der Waals surface area contributed by atoms with Crippen LogP contribution in [0.3, 0.4) is 0 Å². The van der Waals surface area contributed by atoms with Crippen molar-refractivity contribution in [2.24, 2.45) is 4.99 Å². The number of thioether (sulfide) groups is 1. The number of para-hydroxylation sites is 1. The maximum absolute atomic E-state index is 12.4. The number of aliphatic hydroxyl groups is 1. The number of hydrogen-bond donors (Lipinski definition) is 2. The van der Waals surface area contributed by atoms with E-state index in [2.05, 4.69) is 44.4 Å². The van der Waals surface area contributed by atoms with E-state index in [0.29, 0.717) is 17.5 Å². The van der Waals surface area contributed by atoms with E-state index in [-0.39, 0.29) is 12.5 Å². The van der Waals surface area contributed by atoms with Crippen LogP contribution in [0.4, 0.5) is 5.69 Å². The van der Waals surface area contributed by atoms with Crippen molar-refractivity contribution in [3.8, 4) is 5.75 Å². The normalized spacial score (nSPS) is 20.8. The second-order valence-corrected chi connectivity index (χ2v) is 10.9. The molecule has 0 spiro atoms. The lowest BCUT2D eigenvalue weighted by atomic mass is 10.0. The molecule has 0 aromatic heterocycles. The quantitative estimate of drug-likeness (QED) is 0.507. The number of amides is 1. The van der Waals surface area contributed by atoms with Gasteiger partial charge in [0.2, 0.25) is 0 Å². The fourth-order valence-electron chi connectivity index (χ4n) is 4.96. The molecule has 196 valence electrons. The van der Waals surface area contributed by atoms with E-state index in [1.807, 2.05) is 36.4 Å². The van der Waals surface area contributed by atoms with E-state index in [1.54, 1.807) is 0 Å². The van der Waals surface area contributed by atoms with Gasteiger partial charge in [-0.25, -0.2) is 0 Å². The lowest BCUT2D eigenvalue weighted by Gasteiger charge is -2.34. The number of carbonyl (C=O) groups excluding carboxylic acids is 1. The Balaban J connectivity index is 1.05. The van der Waals surface area contributed by atoms with Gasteiger partial charge < -0.3 is 25.0 Å². The first-order chi connectivity index (χ1) is 18.1. The smallest absolute Gasteiger partial charge is 0.286 e. The second kappa shape index (κ2) is 12.6. The van der Waals surface area contributed by atoms with Gasteiger partial charge >= 0.3 is 0 Å². The van der Waals surface area contributed by atoms with Gasteiger partial charge in [0, 0.05) is 44.5 Å². The van der Waals surface area contributed by atoms with Crippen LogP contribution in [0, 0.1) is 0 Å². The number of nitrogens with zero attached hydrogens (tertiary/aromatic N) is 3. The highest BCUT2D eigenvalue weighted by Gasteiger charge is 2.27. The summed E-state index contributed by atoms with van der Waals surface area (Å²) in [5, 5.41) is 14.6. The number of aliphatic hydroxyl groups excluding tert-OH is 1. The molecule has 2 fully saturated rings. The van der Waals surface area contributed by atoms with E-state index < -0.39 is 6.10 Å². The maximum atomic E-state index is 12.4. The van der Waals surface area contributed by atoms with E-state index in [1.165, 1.54) is 36.7 Å². The van der Waals surface area contributed by atoms with E-state index in [4.69, 9.17) is 4.74 Å².